The van der Waals surface area contributed by atoms with Crippen molar-refractivity contribution in [3.8, 4) is 33.4 Å². The van der Waals surface area contributed by atoms with Gasteiger partial charge in [-0.25, -0.2) is 0 Å². The monoisotopic (exact) mass is 661 g/mol. The Morgan fingerprint density at radius 1 is 0.392 bits per heavy atom. The third-order valence-electron chi connectivity index (χ3n) is 9.70. The molecule has 11 rings (SSSR count). The van der Waals surface area contributed by atoms with Crippen molar-refractivity contribution in [2.24, 2.45) is 0 Å². The van der Waals surface area contributed by atoms with Crippen molar-refractivity contribution in [1.29, 1.82) is 0 Å². The van der Waals surface area contributed by atoms with Gasteiger partial charge in [-0.3, -0.25) is 0 Å². The van der Waals surface area contributed by atoms with E-state index in [9.17, 15) is 8.22 Å². The Labute approximate surface area is 315 Å². The van der Waals surface area contributed by atoms with Gasteiger partial charge in [-0.1, -0.05) is 151 Å². The highest BCUT2D eigenvalue weighted by Gasteiger charge is 2.20. The molecule has 0 aliphatic rings. The molecule has 0 unspecified atom stereocenters. The fourth-order valence-electron chi connectivity index (χ4n) is 7.52. The molecular weight excluding hydrogens is 617 g/mol. The van der Waals surface area contributed by atoms with Gasteiger partial charge in [-0.05, 0) is 112 Å². The van der Waals surface area contributed by atoms with Crippen LogP contribution in [-0.4, -0.2) is 0 Å². The predicted octanol–water partition coefficient (Wildman–Crippen LogP) is 14.4. The molecule has 1 heteroatoms. The highest BCUT2D eigenvalue weighted by Crippen LogP contribution is 2.48. The summed E-state index contributed by atoms with van der Waals surface area (Å²) in [5.41, 5.74) is 2.22. The first-order chi connectivity index (χ1) is 31.5. The zero-order valence-corrected chi connectivity index (χ0v) is 26.6. The fourth-order valence-corrected chi connectivity index (χ4v) is 7.52. The quantitative estimate of drug-likeness (QED) is 0.172. The van der Waals surface area contributed by atoms with Crippen LogP contribution in [0.4, 0.5) is 0 Å². The van der Waals surface area contributed by atoms with E-state index in [1.165, 1.54) is 0 Å². The van der Waals surface area contributed by atoms with Crippen molar-refractivity contribution in [2.45, 2.75) is 0 Å². The Morgan fingerprint density at radius 3 is 1.84 bits per heavy atom. The molecule has 1 nitrogen and oxygen atoms in total. The van der Waals surface area contributed by atoms with Gasteiger partial charge in [0, 0.05) is 16.2 Å². The Kier molecular flexibility index (Phi) is 3.70. The van der Waals surface area contributed by atoms with Crippen molar-refractivity contribution in [2.75, 3.05) is 0 Å². The van der Waals surface area contributed by atoms with Gasteiger partial charge < -0.3 is 4.42 Å². The summed E-state index contributed by atoms with van der Waals surface area (Å²) in [5.74, 6) is 0. The maximum atomic E-state index is 9.61. The summed E-state index contributed by atoms with van der Waals surface area (Å²) < 4.78 is 143. The lowest BCUT2D eigenvalue weighted by molar-refractivity contribution is 0.673. The molecule has 0 saturated carbocycles. The first-order valence-electron chi connectivity index (χ1n) is 23.9. The molecule has 1 heterocycles. The van der Waals surface area contributed by atoms with Gasteiger partial charge in [0.15, 0.2) is 0 Å². The fraction of sp³-hybridized carbons (Fsp3) is 0. The average Bonchev–Trinajstić information content (AvgIpc) is 3.72. The summed E-state index contributed by atoms with van der Waals surface area (Å²) in [6.07, 6.45) is 0. The summed E-state index contributed by atoms with van der Waals surface area (Å²) in [7, 11) is 0. The third kappa shape index (κ3) is 4.22. The Hall–Kier alpha value is -6.70. The van der Waals surface area contributed by atoms with E-state index in [4.69, 9.17) is 16.8 Å². The van der Waals surface area contributed by atoms with Gasteiger partial charge in [-0.2, -0.15) is 0 Å². The van der Waals surface area contributed by atoms with E-state index in [1.807, 2.05) is 84.9 Å². The van der Waals surface area contributed by atoms with Crippen LogP contribution in [0.2, 0.25) is 0 Å². The number of benzene rings is 10. The minimum atomic E-state index is -0.742. The minimum Gasteiger partial charge on any atom is -0.455 e. The van der Waals surface area contributed by atoms with Crippen LogP contribution in [-0.2, 0) is 0 Å². The maximum Gasteiger partial charge on any atom is 0.143 e. The van der Waals surface area contributed by atoms with Crippen LogP contribution in [0.1, 0.15) is 20.6 Å². The summed E-state index contributed by atoms with van der Waals surface area (Å²) in [6.45, 7) is 0. The molecule has 0 fully saturated rings. The third-order valence-corrected chi connectivity index (χ3v) is 9.70. The molecule has 0 N–H and O–H groups in total. The lowest BCUT2D eigenvalue weighted by Crippen LogP contribution is -1.92. The summed E-state index contributed by atoms with van der Waals surface area (Å²) >= 11 is 0. The summed E-state index contributed by atoms with van der Waals surface area (Å²) in [5, 5.41) is 3.01. The summed E-state index contributed by atoms with van der Waals surface area (Å²) in [4.78, 5) is 0. The molecule has 236 valence electrons. The Balaban J connectivity index is 1.37. The molecular formula is C50H30O. The van der Waals surface area contributed by atoms with E-state index >= 15 is 0 Å². The molecule has 0 spiro atoms. The first-order valence-corrected chi connectivity index (χ1v) is 16.4. The smallest absolute Gasteiger partial charge is 0.143 e. The highest BCUT2D eigenvalue weighted by atomic mass is 16.3. The van der Waals surface area contributed by atoms with Crippen molar-refractivity contribution >= 4 is 75.8 Å². The van der Waals surface area contributed by atoms with Gasteiger partial charge in [0.05, 0.1) is 20.6 Å². The predicted molar refractivity (Wildman–Crippen MR) is 218 cm³/mol. The number of hydrogen-bond acceptors (Lipinski definition) is 1. The van der Waals surface area contributed by atoms with Crippen LogP contribution in [0.3, 0.4) is 0 Å². The summed E-state index contributed by atoms with van der Waals surface area (Å²) in [6, 6.07) is 18.6. The number of furan rings is 1. The standard InChI is InChI=1S/C50H30O/c1-2-14-33-28-35(25-24-31(33)12-1)47-40-18-7-9-20-42(40)48(43-21-10-8-19-41(43)47)45-30-36(29-34-15-4-5-16-37(34)45)38-22-11-23-46-49(38)44-27-26-32-13-3-6-17-39(32)50(44)51-46/h1-30H/i1D,2D,7D,8D,9D,10D,12D,14D,18D,19D,20D,21D,24D,25D,28D. The molecule has 1 aromatic heterocycles. The van der Waals surface area contributed by atoms with Crippen LogP contribution >= 0.6 is 0 Å². The van der Waals surface area contributed by atoms with Crippen LogP contribution in [0.15, 0.2) is 186 Å². The SMILES string of the molecule is [2H]c1c([2H])c([2H])c2c([2H])c(-c3c4c([2H])c([2H])c([2H])c([2H])c4c(-c4cc(-c5cccc6oc7c8ccccc8ccc7c56)cc5ccccc45)c4c([2H])c([2H])c([2H])c([2H])c34)c([2H])c([2H])c2c1[2H]. The van der Waals surface area contributed by atoms with E-state index < -0.39 is 107 Å². The van der Waals surface area contributed by atoms with Gasteiger partial charge in [0.1, 0.15) is 11.2 Å². The van der Waals surface area contributed by atoms with Crippen LogP contribution in [0.25, 0.3) is 109 Å². The normalized spacial score (nSPS) is 16.0. The Bertz CT molecular complexity index is 3980. The molecule has 11 aromatic rings. The second-order valence-corrected chi connectivity index (χ2v) is 12.4. The largest absolute Gasteiger partial charge is 0.455 e. The molecule has 0 amide bonds. The van der Waals surface area contributed by atoms with E-state index in [2.05, 4.69) is 0 Å². The van der Waals surface area contributed by atoms with E-state index in [0.29, 0.717) is 33.1 Å². The topological polar surface area (TPSA) is 13.1 Å². The minimum absolute atomic E-state index is 0.0304. The van der Waals surface area contributed by atoms with Crippen LogP contribution in [0, 0.1) is 0 Å². The van der Waals surface area contributed by atoms with Gasteiger partial charge >= 0.3 is 0 Å². The lowest BCUT2D eigenvalue weighted by Gasteiger charge is -2.20. The molecule has 0 saturated heterocycles. The average molecular weight is 662 g/mol. The van der Waals surface area contributed by atoms with Crippen molar-refractivity contribution in [3.05, 3.63) is 182 Å². The number of fused-ring (bicyclic) bond motifs is 9. The van der Waals surface area contributed by atoms with Crippen LogP contribution in [0.5, 0.6) is 0 Å². The molecule has 10 aromatic carbocycles. The van der Waals surface area contributed by atoms with Gasteiger partial charge in [0.2, 0.25) is 0 Å². The van der Waals surface area contributed by atoms with Crippen LogP contribution < -0.4 is 0 Å². The van der Waals surface area contributed by atoms with Crippen molar-refractivity contribution in [3.63, 3.8) is 0 Å². The van der Waals surface area contributed by atoms with Crippen molar-refractivity contribution < 1.29 is 25.0 Å². The molecule has 0 radical (unpaired) electrons. The zero-order valence-electron chi connectivity index (χ0n) is 41.6. The maximum absolute atomic E-state index is 9.61. The molecule has 0 atom stereocenters. The van der Waals surface area contributed by atoms with E-state index in [1.54, 1.807) is 6.07 Å². The Morgan fingerprint density at radius 2 is 1.06 bits per heavy atom. The van der Waals surface area contributed by atoms with E-state index in [-0.39, 0.29) is 32.7 Å². The zero-order chi connectivity index (χ0) is 46.5. The lowest BCUT2D eigenvalue weighted by atomic mass is 9.83. The second-order valence-electron chi connectivity index (χ2n) is 12.4. The van der Waals surface area contributed by atoms with Gasteiger partial charge in [0.25, 0.3) is 0 Å². The van der Waals surface area contributed by atoms with E-state index in [0.717, 1.165) is 27.1 Å². The molecule has 0 aliphatic heterocycles. The number of hydrogen-bond donors (Lipinski definition) is 0. The molecule has 0 bridgehead atoms. The highest BCUT2D eigenvalue weighted by molar-refractivity contribution is 6.25. The molecule has 0 aliphatic carbocycles. The number of rotatable bonds is 3. The molecule has 51 heavy (non-hydrogen) atoms. The first kappa shape index (κ1) is 17.3. The second kappa shape index (κ2) is 10.9. The van der Waals surface area contributed by atoms with Gasteiger partial charge in [-0.15, -0.1) is 0 Å². The van der Waals surface area contributed by atoms with Crippen molar-refractivity contribution in [1.82, 2.24) is 0 Å².